The highest BCUT2D eigenvalue weighted by Gasteiger charge is 2.37. The summed E-state index contributed by atoms with van der Waals surface area (Å²) in [5.41, 5.74) is 2.67. The first-order chi connectivity index (χ1) is 14.6. The van der Waals surface area contributed by atoms with Gasteiger partial charge >= 0.3 is 6.03 Å². The molecule has 30 heavy (non-hydrogen) atoms. The zero-order chi connectivity index (χ0) is 20.9. The van der Waals surface area contributed by atoms with E-state index in [4.69, 9.17) is 0 Å². The number of carbonyl (C=O) groups is 2. The van der Waals surface area contributed by atoms with Crippen LogP contribution in [0.5, 0.6) is 5.75 Å². The molecule has 150 valence electrons. The van der Waals surface area contributed by atoms with Gasteiger partial charge < -0.3 is 15.3 Å². The van der Waals surface area contributed by atoms with Gasteiger partial charge in [0.15, 0.2) is 5.78 Å². The fraction of sp³-hybridized carbons (Fsp3) is 0.125. The predicted octanol–water partition coefficient (Wildman–Crippen LogP) is 4.42. The summed E-state index contributed by atoms with van der Waals surface area (Å²) in [6.07, 6.45) is 3.93. The first-order valence-corrected chi connectivity index (χ1v) is 9.69. The molecule has 1 fully saturated rings. The van der Waals surface area contributed by atoms with Crippen LogP contribution >= 0.6 is 0 Å². The Kier molecular flexibility index (Phi) is 5.57. The number of pyridine rings is 1. The van der Waals surface area contributed by atoms with Gasteiger partial charge in [-0.2, -0.15) is 0 Å². The molecule has 2 N–H and O–H groups in total. The molecule has 6 nitrogen and oxygen atoms in total. The number of carbonyl (C=O) groups excluding carboxylic acids is 2. The number of hydrogen-bond donors (Lipinski definition) is 2. The van der Waals surface area contributed by atoms with Crippen molar-refractivity contribution in [3.05, 3.63) is 95.8 Å². The van der Waals surface area contributed by atoms with Crippen LogP contribution in [0.25, 0.3) is 6.08 Å². The Hall–Kier alpha value is -3.93. The van der Waals surface area contributed by atoms with E-state index in [2.05, 4.69) is 10.3 Å². The van der Waals surface area contributed by atoms with Crippen molar-refractivity contribution in [2.24, 2.45) is 0 Å². The monoisotopic (exact) mass is 399 g/mol. The van der Waals surface area contributed by atoms with Gasteiger partial charge in [0, 0.05) is 24.0 Å². The highest BCUT2D eigenvalue weighted by Crippen LogP contribution is 2.32. The van der Waals surface area contributed by atoms with Crippen molar-refractivity contribution >= 4 is 23.6 Å². The third kappa shape index (κ3) is 4.22. The number of hydrogen-bond acceptors (Lipinski definition) is 4. The molecule has 0 radical (unpaired) electrons. The summed E-state index contributed by atoms with van der Waals surface area (Å²) in [4.78, 5) is 32.2. The highest BCUT2D eigenvalue weighted by atomic mass is 16.3. The molecule has 1 aliphatic heterocycles. The van der Waals surface area contributed by atoms with E-state index in [1.165, 1.54) is 12.1 Å². The van der Waals surface area contributed by atoms with Crippen LogP contribution in [-0.4, -0.2) is 33.3 Å². The lowest BCUT2D eigenvalue weighted by Gasteiger charge is -2.36. The number of nitrogens with one attached hydrogen (secondary N) is 1. The standard InChI is InChI=1S/C24H21N3O3/c28-21-11-9-19(10-12-21)26-24(30)27-15-13-18(16-20-8-4-5-14-25-20)23(29)22(27)17-6-2-1-3-7-17/h1-12,14,16,22,28H,13,15H2,(H,26,30). The van der Waals surface area contributed by atoms with Crippen LogP contribution in [0.2, 0.25) is 0 Å². The van der Waals surface area contributed by atoms with Gasteiger partial charge in [-0.25, -0.2) is 4.79 Å². The van der Waals surface area contributed by atoms with Crippen LogP contribution in [0.1, 0.15) is 23.7 Å². The van der Waals surface area contributed by atoms with Crippen LogP contribution in [0.15, 0.2) is 84.6 Å². The summed E-state index contributed by atoms with van der Waals surface area (Å²) in [5.74, 6) is 0.00608. The smallest absolute Gasteiger partial charge is 0.322 e. The van der Waals surface area contributed by atoms with E-state index in [-0.39, 0.29) is 17.6 Å². The molecule has 4 rings (SSSR count). The molecule has 1 aliphatic rings. The molecule has 1 atom stereocenters. The second kappa shape index (κ2) is 8.61. The minimum atomic E-state index is -0.716. The van der Waals surface area contributed by atoms with Gasteiger partial charge in [-0.3, -0.25) is 9.78 Å². The molecular formula is C24H21N3O3. The summed E-state index contributed by atoms with van der Waals surface area (Å²) >= 11 is 0. The van der Waals surface area contributed by atoms with Crippen LogP contribution in [0.3, 0.4) is 0 Å². The number of ketones is 1. The van der Waals surface area contributed by atoms with Gasteiger partial charge in [-0.15, -0.1) is 0 Å². The second-order valence-corrected chi connectivity index (χ2v) is 7.02. The topological polar surface area (TPSA) is 82.5 Å². The Morgan fingerprint density at radius 1 is 1.03 bits per heavy atom. The van der Waals surface area contributed by atoms with E-state index < -0.39 is 6.04 Å². The van der Waals surface area contributed by atoms with Crippen molar-refractivity contribution < 1.29 is 14.7 Å². The van der Waals surface area contributed by atoms with Gasteiger partial charge in [-0.1, -0.05) is 36.4 Å². The summed E-state index contributed by atoms with van der Waals surface area (Å²) in [6, 6.07) is 20.0. The quantitative estimate of drug-likeness (QED) is 0.505. The van der Waals surface area contributed by atoms with Crippen molar-refractivity contribution in [3.63, 3.8) is 0 Å². The number of aromatic hydroxyl groups is 1. The number of phenolic OH excluding ortho intramolecular Hbond substituents is 1. The number of anilines is 1. The molecule has 1 saturated heterocycles. The molecule has 2 aromatic carbocycles. The fourth-order valence-electron chi connectivity index (χ4n) is 3.52. The summed E-state index contributed by atoms with van der Waals surface area (Å²) in [6.45, 7) is 0.397. The molecule has 0 aliphatic carbocycles. The van der Waals surface area contributed by atoms with Crippen molar-refractivity contribution in [1.82, 2.24) is 9.88 Å². The Balaban J connectivity index is 1.63. The lowest BCUT2D eigenvalue weighted by atomic mass is 9.89. The van der Waals surface area contributed by atoms with Crippen LogP contribution in [0.4, 0.5) is 10.5 Å². The van der Waals surface area contributed by atoms with Crippen LogP contribution in [0, 0.1) is 0 Å². The molecule has 3 aromatic rings. The number of piperidine rings is 1. The van der Waals surface area contributed by atoms with E-state index in [9.17, 15) is 14.7 Å². The van der Waals surface area contributed by atoms with Crippen LogP contribution < -0.4 is 5.32 Å². The Labute approximate surface area is 174 Å². The highest BCUT2D eigenvalue weighted by molar-refractivity contribution is 6.06. The lowest BCUT2D eigenvalue weighted by Crippen LogP contribution is -2.46. The van der Waals surface area contributed by atoms with Gasteiger partial charge in [0.2, 0.25) is 0 Å². The molecule has 0 spiro atoms. The molecule has 6 heteroatoms. The van der Waals surface area contributed by atoms with E-state index in [1.807, 2.05) is 48.5 Å². The van der Waals surface area contributed by atoms with Crippen molar-refractivity contribution in [3.8, 4) is 5.75 Å². The van der Waals surface area contributed by atoms with Crippen molar-refractivity contribution in [1.29, 1.82) is 0 Å². The minimum Gasteiger partial charge on any atom is -0.508 e. The van der Waals surface area contributed by atoms with E-state index in [0.29, 0.717) is 24.2 Å². The number of amides is 2. The Morgan fingerprint density at radius 2 is 1.77 bits per heavy atom. The summed E-state index contributed by atoms with van der Waals surface area (Å²) < 4.78 is 0. The lowest BCUT2D eigenvalue weighted by molar-refractivity contribution is -0.121. The number of phenols is 1. The molecular weight excluding hydrogens is 378 g/mol. The number of Topliss-reactive ketones (excluding diaryl/α,β-unsaturated/α-hetero) is 1. The zero-order valence-electron chi connectivity index (χ0n) is 16.2. The van der Waals surface area contributed by atoms with E-state index >= 15 is 0 Å². The number of urea groups is 1. The first kappa shape index (κ1) is 19.4. The van der Waals surface area contributed by atoms with Crippen LogP contribution in [-0.2, 0) is 4.79 Å². The average molecular weight is 399 g/mol. The SMILES string of the molecule is O=C1C(=Cc2ccccn2)CCN(C(=O)Nc2ccc(O)cc2)C1c1ccccc1. The molecule has 0 bridgehead atoms. The van der Waals surface area contributed by atoms with Crippen molar-refractivity contribution in [2.45, 2.75) is 12.5 Å². The molecule has 0 saturated carbocycles. The number of likely N-dealkylation sites (tertiary alicyclic amines) is 1. The first-order valence-electron chi connectivity index (χ1n) is 9.69. The molecule has 1 aromatic heterocycles. The van der Waals surface area contributed by atoms with Gasteiger partial charge in [0.05, 0.1) is 5.69 Å². The molecule has 1 unspecified atom stereocenters. The third-order valence-corrected chi connectivity index (χ3v) is 5.00. The summed E-state index contributed by atoms with van der Waals surface area (Å²) in [5, 5.41) is 12.3. The maximum absolute atomic E-state index is 13.4. The van der Waals surface area contributed by atoms with Crippen molar-refractivity contribution in [2.75, 3.05) is 11.9 Å². The minimum absolute atomic E-state index is 0.112. The number of benzene rings is 2. The number of rotatable bonds is 3. The Morgan fingerprint density at radius 3 is 2.47 bits per heavy atom. The van der Waals surface area contributed by atoms with Gasteiger partial charge in [0.1, 0.15) is 11.8 Å². The average Bonchev–Trinajstić information content (AvgIpc) is 2.78. The normalized spacial score (nSPS) is 17.7. The molecule has 2 amide bonds. The van der Waals surface area contributed by atoms with Gasteiger partial charge in [-0.05, 0) is 54.5 Å². The predicted molar refractivity (Wildman–Crippen MR) is 115 cm³/mol. The number of aromatic nitrogens is 1. The van der Waals surface area contributed by atoms with E-state index in [0.717, 1.165) is 11.3 Å². The largest absolute Gasteiger partial charge is 0.508 e. The molecule has 2 heterocycles. The Bertz CT molecular complexity index is 1060. The second-order valence-electron chi connectivity index (χ2n) is 7.02. The summed E-state index contributed by atoms with van der Waals surface area (Å²) in [7, 11) is 0. The zero-order valence-corrected chi connectivity index (χ0v) is 16.2. The van der Waals surface area contributed by atoms with E-state index in [1.54, 1.807) is 29.3 Å². The van der Waals surface area contributed by atoms with Gasteiger partial charge in [0.25, 0.3) is 0 Å². The maximum atomic E-state index is 13.4. The third-order valence-electron chi connectivity index (χ3n) is 5.00. The number of nitrogens with zero attached hydrogens (tertiary/aromatic N) is 2. The fourth-order valence-corrected chi connectivity index (χ4v) is 3.52. The maximum Gasteiger partial charge on any atom is 0.322 e.